The lowest BCUT2D eigenvalue weighted by molar-refractivity contribution is 0.669. The number of pyridine rings is 1. The summed E-state index contributed by atoms with van der Waals surface area (Å²) < 4.78 is 8.77. The molecule has 8 aromatic carbocycles. The lowest BCUT2D eigenvalue weighted by Crippen LogP contribution is -1.95. The second kappa shape index (κ2) is 14.0. The molecule has 0 N–H and O–H groups in total. The Bertz CT molecular complexity index is 3520. The van der Waals surface area contributed by atoms with Gasteiger partial charge in [0.1, 0.15) is 11.2 Å². The van der Waals surface area contributed by atoms with E-state index in [0.29, 0.717) is 5.82 Å². The lowest BCUT2D eigenvalue weighted by Gasteiger charge is -2.12. The zero-order valence-electron chi connectivity index (χ0n) is 32.2. The van der Waals surface area contributed by atoms with Crippen molar-refractivity contribution < 1.29 is 4.42 Å². The molecule has 0 radical (unpaired) electrons. The Labute approximate surface area is 349 Å². The molecule has 4 nitrogen and oxygen atoms in total. The molecule has 0 atom stereocenters. The quantitative estimate of drug-likeness (QED) is 0.169. The van der Waals surface area contributed by atoms with Crippen LogP contribution in [0.15, 0.2) is 205 Å². The van der Waals surface area contributed by atoms with Gasteiger partial charge in [0, 0.05) is 53.9 Å². The average molecular weight is 784 g/mol. The highest BCUT2D eigenvalue weighted by molar-refractivity contribution is 7.26. The predicted octanol–water partition coefficient (Wildman–Crippen LogP) is 15.3. The number of benzene rings is 8. The molecule has 12 aromatic rings. The van der Waals surface area contributed by atoms with Crippen molar-refractivity contribution in [3.05, 3.63) is 200 Å². The summed E-state index contributed by atoms with van der Waals surface area (Å²) in [5, 5.41) is 5.91. The third kappa shape index (κ3) is 5.78. The van der Waals surface area contributed by atoms with Crippen LogP contribution >= 0.6 is 11.3 Å². The van der Waals surface area contributed by atoms with Gasteiger partial charge in [-0.1, -0.05) is 164 Å². The molecule has 0 aliphatic rings. The summed E-state index contributed by atoms with van der Waals surface area (Å²) in [6.45, 7) is 0. The topological polar surface area (TPSA) is 51.8 Å². The van der Waals surface area contributed by atoms with Crippen molar-refractivity contribution in [2.75, 3.05) is 0 Å². The highest BCUT2D eigenvalue weighted by Crippen LogP contribution is 2.46. The van der Waals surface area contributed by atoms with E-state index in [1.807, 2.05) is 59.9 Å². The van der Waals surface area contributed by atoms with E-state index in [4.69, 9.17) is 19.4 Å². The fourth-order valence-corrected chi connectivity index (χ4v) is 9.80. The van der Waals surface area contributed by atoms with Gasteiger partial charge in [-0.15, -0.1) is 11.3 Å². The summed E-state index contributed by atoms with van der Waals surface area (Å²) >= 11 is 1.81. The molecule has 0 saturated carbocycles. The van der Waals surface area contributed by atoms with Crippen LogP contribution in [0.5, 0.6) is 0 Å². The molecule has 0 bridgehead atoms. The van der Waals surface area contributed by atoms with Gasteiger partial charge in [0.25, 0.3) is 0 Å². The van der Waals surface area contributed by atoms with Gasteiger partial charge in [0.05, 0.1) is 27.3 Å². The number of nitrogens with zero attached hydrogens (tertiary/aromatic N) is 3. The normalized spacial score (nSPS) is 11.7. The van der Waals surface area contributed by atoms with Crippen LogP contribution in [0.2, 0.25) is 0 Å². The molecule has 0 fully saturated rings. The molecule has 0 spiro atoms. The summed E-state index contributed by atoms with van der Waals surface area (Å²) in [6.07, 6.45) is 0. The summed E-state index contributed by atoms with van der Waals surface area (Å²) in [5.74, 6) is 0.699. The maximum Gasteiger partial charge on any atom is 0.160 e. The van der Waals surface area contributed by atoms with Crippen LogP contribution in [0.3, 0.4) is 0 Å². The Morgan fingerprint density at radius 1 is 0.367 bits per heavy atom. The highest BCUT2D eigenvalue weighted by atomic mass is 32.1. The lowest BCUT2D eigenvalue weighted by atomic mass is 9.94. The molecule has 4 aromatic heterocycles. The van der Waals surface area contributed by atoms with E-state index in [0.717, 1.165) is 94.4 Å². The van der Waals surface area contributed by atoms with Crippen molar-refractivity contribution in [3.63, 3.8) is 0 Å². The summed E-state index contributed by atoms with van der Waals surface area (Å²) in [6, 6.07) is 70.1. The average Bonchev–Trinajstić information content (AvgIpc) is 3.90. The third-order valence-corrected chi connectivity index (χ3v) is 12.7. The number of furan rings is 1. The van der Waals surface area contributed by atoms with Crippen LogP contribution in [0, 0.1) is 0 Å². The number of thiophene rings is 1. The molecule has 4 heterocycles. The molecule has 60 heavy (non-hydrogen) atoms. The summed E-state index contributed by atoms with van der Waals surface area (Å²) in [5.41, 5.74) is 14.2. The maximum absolute atomic E-state index is 6.33. The molecule has 0 aliphatic heterocycles. The fourth-order valence-electron chi connectivity index (χ4n) is 8.58. The number of para-hydroxylation sites is 1. The molecule has 0 saturated heterocycles. The van der Waals surface area contributed by atoms with Crippen molar-refractivity contribution in [3.8, 4) is 67.4 Å². The molecule has 12 rings (SSSR count). The van der Waals surface area contributed by atoms with Crippen LogP contribution in [-0.4, -0.2) is 15.0 Å². The number of hydrogen-bond donors (Lipinski definition) is 0. The van der Waals surface area contributed by atoms with Crippen LogP contribution in [-0.2, 0) is 0 Å². The van der Waals surface area contributed by atoms with Gasteiger partial charge >= 0.3 is 0 Å². The van der Waals surface area contributed by atoms with Gasteiger partial charge < -0.3 is 4.42 Å². The molecule has 0 amide bonds. The van der Waals surface area contributed by atoms with Gasteiger partial charge in [-0.05, 0) is 58.7 Å². The summed E-state index contributed by atoms with van der Waals surface area (Å²) in [4.78, 5) is 15.5. The maximum atomic E-state index is 6.33. The first-order valence-electron chi connectivity index (χ1n) is 20.1. The largest absolute Gasteiger partial charge is 0.456 e. The Balaban J connectivity index is 0.926. The van der Waals surface area contributed by atoms with E-state index < -0.39 is 0 Å². The van der Waals surface area contributed by atoms with Crippen molar-refractivity contribution in [2.45, 2.75) is 0 Å². The smallest absolute Gasteiger partial charge is 0.160 e. The van der Waals surface area contributed by atoms with Crippen LogP contribution in [0.1, 0.15) is 0 Å². The van der Waals surface area contributed by atoms with Gasteiger partial charge in [-0.3, -0.25) is 0 Å². The number of rotatable bonds is 6. The number of aromatic nitrogens is 3. The second-order valence-electron chi connectivity index (χ2n) is 15.1. The third-order valence-electron chi connectivity index (χ3n) is 11.5. The van der Waals surface area contributed by atoms with Crippen molar-refractivity contribution in [1.82, 2.24) is 15.0 Å². The molecule has 280 valence electrons. The van der Waals surface area contributed by atoms with Crippen molar-refractivity contribution >= 4 is 64.4 Å². The fraction of sp³-hybridized carbons (Fsp3) is 0. The standard InChI is InChI=1S/C55H33N3OS/c1-3-12-36(13-4-1)46-33-47(37-14-5-2-6-15-37)58-55(57-46)39-28-24-35(25-29-39)34-22-26-38(27-23-34)53-54-52(44-17-8-10-21-50(44)60-54)51-41(18-11-19-45(51)56-53)40-30-31-43-42-16-7-9-20-48(42)59-49(43)32-40/h1-33H. The molecular formula is C55H33N3OS. The number of hydrogen-bond acceptors (Lipinski definition) is 5. The van der Waals surface area contributed by atoms with Gasteiger partial charge in [-0.25, -0.2) is 15.0 Å². The zero-order valence-corrected chi connectivity index (χ0v) is 33.0. The van der Waals surface area contributed by atoms with Gasteiger partial charge in [-0.2, -0.15) is 0 Å². The van der Waals surface area contributed by atoms with E-state index in [2.05, 4.69) is 152 Å². The van der Waals surface area contributed by atoms with E-state index in [1.165, 1.54) is 20.2 Å². The number of fused-ring (bicyclic) bond motifs is 8. The van der Waals surface area contributed by atoms with Crippen molar-refractivity contribution in [2.24, 2.45) is 0 Å². The Morgan fingerprint density at radius 2 is 0.950 bits per heavy atom. The monoisotopic (exact) mass is 783 g/mol. The van der Waals surface area contributed by atoms with Crippen LogP contribution in [0.4, 0.5) is 0 Å². The van der Waals surface area contributed by atoms with Crippen LogP contribution < -0.4 is 0 Å². The molecular weight excluding hydrogens is 751 g/mol. The Hall–Kier alpha value is -7.73. The first-order chi connectivity index (χ1) is 29.7. The van der Waals surface area contributed by atoms with Crippen molar-refractivity contribution in [1.29, 1.82) is 0 Å². The SMILES string of the molecule is c1ccc(-c2cc(-c3ccccc3)nc(-c3ccc(-c4ccc(-c5nc6cccc(-c7ccc8c(c7)oc7ccccc78)c6c6c5sc5ccccc56)cc4)cc3)n2)cc1. The van der Waals surface area contributed by atoms with Crippen LogP contribution in [0.25, 0.3) is 120 Å². The van der Waals surface area contributed by atoms with E-state index in [-0.39, 0.29) is 0 Å². The van der Waals surface area contributed by atoms with E-state index >= 15 is 0 Å². The van der Waals surface area contributed by atoms with E-state index in [1.54, 1.807) is 0 Å². The van der Waals surface area contributed by atoms with Gasteiger partial charge in [0.2, 0.25) is 0 Å². The molecule has 0 aliphatic carbocycles. The Kier molecular flexibility index (Phi) is 8.00. The first-order valence-corrected chi connectivity index (χ1v) is 20.9. The summed E-state index contributed by atoms with van der Waals surface area (Å²) in [7, 11) is 0. The molecule has 5 heteroatoms. The second-order valence-corrected chi connectivity index (χ2v) is 16.2. The van der Waals surface area contributed by atoms with Gasteiger partial charge in [0.15, 0.2) is 5.82 Å². The van der Waals surface area contributed by atoms with E-state index in [9.17, 15) is 0 Å². The minimum atomic E-state index is 0.699. The Morgan fingerprint density at radius 3 is 1.67 bits per heavy atom. The molecule has 0 unspecified atom stereocenters. The predicted molar refractivity (Wildman–Crippen MR) is 250 cm³/mol. The highest BCUT2D eigenvalue weighted by Gasteiger charge is 2.20. The minimum Gasteiger partial charge on any atom is -0.456 e. The first kappa shape index (κ1) is 34.3. The minimum absolute atomic E-state index is 0.699. The zero-order chi connectivity index (χ0) is 39.6.